The summed E-state index contributed by atoms with van der Waals surface area (Å²) < 4.78 is 0. The smallest absolute Gasteiger partial charge is 0.269 e. The van der Waals surface area contributed by atoms with E-state index in [0.717, 1.165) is 12.8 Å². The molecule has 3 heteroatoms. The van der Waals surface area contributed by atoms with E-state index in [0.29, 0.717) is 0 Å². The van der Waals surface area contributed by atoms with Crippen molar-refractivity contribution in [1.82, 2.24) is 5.06 Å². The molecule has 0 radical (unpaired) electrons. The Balaban J connectivity index is 3.47. The summed E-state index contributed by atoms with van der Waals surface area (Å²) in [6, 6.07) is 0. The molecule has 1 amide bonds. The average molecular weight is 199 g/mol. The molecule has 0 aromatic rings. The predicted octanol–water partition coefficient (Wildman–Crippen LogP) is 2.53. The van der Waals surface area contributed by atoms with Crippen molar-refractivity contribution < 1.29 is 9.63 Å². The fourth-order valence-corrected chi connectivity index (χ4v) is 1.07. The Labute approximate surface area is 86.7 Å². The van der Waals surface area contributed by atoms with Gasteiger partial charge in [0.15, 0.2) is 0 Å². The molecule has 0 saturated carbocycles. The molecule has 0 aromatic heterocycles. The average Bonchev–Trinajstić information content (AvgIpc) is 2.21. The van der Waals surface area contributed by atoms with Gasteiger partial charge >= 0.3 is 0 Å². The number of rotatable bonds is 7. The van der Waals surface area contributed by atoms with Crippen molar-refractivity contribution >= 4 is 5.91 Å². The zero-order chi connectivity index (χ0) is 10.8. The lowest BCUT2D eigenvalue weighted by molar-refractivity contribution is -0.162. The van der Waals surface area contributed by atoms with Gasteiger partial charge in [-0.25, -0.2) is 5.06 Å². The van der Waals surface area contributed by atoms with E-state index >= 15 is 0 Å². The first kappa shape index (κ1) is 13.2. The molecule has 0 N–H and O–H groups in total. The third-order valence-corrected chi connectivity index (χ3v) is 2.07. The molecule has 3 nitrogen and oxygen atoms in total. The minimum absolute atomic E-state index is 0.108. The van der Waals surface area contributed by atoms with Crippen molar-refractivity contribution in [3.8, 4) is 0 Å². The molecule has 0 aliphatic heterocycles. The van der Waals surface area contributed by atoms with E-state index in [1.807, 2.05) is 6.08 Å². The van der Waals surface area contributed by atoms with Gasteiger partial charge in [0.25, 0.3) is 5.91 Å². The molecule has 0 saturated heterocycles. The van der Waals surface area contributed by atoms with Crippen LogP contribution in [-0.2, 0) is 9.63 Å². The lowest BCUT2D eigenvalue weighted by atomic mass is 10.1. The molecule has 0 rings (SSSR count). The van der Waals surface area contributed by atoms with Crippen LogP contribution in [0.5, 0.6) is 0 Å². The second-order valence-electron chi connectivity index (χ2n) is 3.27. The lowest BCUT2D eigenvalue weighted by Crippen LogP contribution is -2.22. The number of carbonyl (C=O) groups is 1. The van der Waals surface area contributed by atoms with Crippen molar-refractivity contribution in [3.05, 3.63) is 12.2 Å². The number of hydrogen-bond donors (Lipinski definition) is 0. The molecular formula is C11H21NO2. The largest absolute Gasteiger partial charge is 0.274 e. The maximum Gasteiger partial charge on any atom is 0.269 e. The fraction of sp³-hybridized carbons (Fsp3) is 0.727. The van der Waals surface area contributed by atoms with Gasteiger partial charge in [-0.1, -0.05) is 32.3 Å². The molecule has 0 heterocycles. The molecule has 0 spiro atoms. The number of hydroxylamine groups is 2. The highest BCUT2D eigenvalue weighted by atomic mass is 16.7. The van der Waals surface area contributed by atoms with Gasteiger partial charge in [0.1, 0.15) is 0 Å². The maximum absolute atomic E-state index is 11.2. The van der Waals surface area contributed by atoms with Gasteiger partial charge in [-0.2, -0.15) is 0 Å². The Morgan fingerprint density at radius 3 is 2.64 bits per heavy atom. The highest BCUT2D eigenvalue weighted by Crippen LogP contribution is 2.02. The van der Waals surface area contributed by atoms with Crippen LogP contribution in [0.4, 0.5) is 0 Å². The van der Waals surface area contributed by atoms with Crippen molar-refractivity contribution in [3.63, 3.8) is 0 Å². The van der Waals surface area contributed by atoms with E-state index in [9.17, 15) is 4.79 Å². The van der Waals surface area contributed by atoms with Gasteiger partial charge < -0.3 is 0 Å². The van der Waals surface area contributed by atoms with Gasteiger partial charge in [0.2, 0.25) is 0 Å². The highest BCUT2D eigenvalue weighted by molar-refractivity contribution is 5.86. The van der Waals surface area contributed by atoms with Crippen LogP contribution in [-0.4, -0.2) is 25.1 Å². The first-order valence-electron chi connectivity index (χ1n) is 5.20. The van der Waals surface area contributed by atoms with Gasteiger partial charge in [-0.3, -0.25) is 9.63 Å². The normalized spacial score (nSPS) is 10.8. The number of nitrogens with zero attached hydrogens (tertiary/aromatic N) is 1. The van der Waals surface area contributed by atoms with E-state index in [1.165, 1.54) is 31.4 Å². The second kappa shape index (κ2) is 8.75. The third kappa shape index (κ3) is 6.66. The second-order valence-corrected chi connectivity index (χ2v) is 3.27. The van der Waals surface area contributed by atoms with Gasteiger partial charge in [0, 0.05) is 13.1 Å². The quantitative estimate of drug-likeness (QED) is 0.358. The monoisotopic (exact) mass is 199 g/mol. The third-order valence-electron chi connectivity index (χ3n) is 2.07. The molecule has 0 aromatic carbocycles. The number of allylic oxidation sites excluding steroid dienone is 1. The number of carbonyl (C=O) groups excluding carboxylic acids is 1. The molecular weight excluding hydrogens is 178 g/mol. The summed E-state index contributed by atoms with van der Waals surface area (Å²) in [7, 11) is 3.08. The SMILES string of the molecule is CCCCCC/C=C\C(=O)N(C)OC. The summed E-state index contributed by atoms with van der Waals surface area (Å²) in [6.07, 6.45) is 9.38. The molecule has 0 atom stereocenters. The Kier molecular flexibility index (Phi) is 8.24. The topological polar surface area (TPSA) is 29.5 Å². The van der Waals surface area contributed by atoms with Crippen LogP contribution >= 0.6 is 0 Å². The Bertz CT molecular complexity index is 178. The van der Waals surface area contributed by atoms with Gasteiger partial charge in [-0.15, -0.1) is 0 Å². The van der Waals surface area contributed by atoms with Crippen molar-refractivity contribution in [1.29, 1.82) is 0 Å². The summed E-state index contributed by atoms with van der Waals surface area (Å²) >= 11 is 0. The van der Waals surface area contributed by atoms with Gasteiger partial charge in [-0.05, 0) is 12.8 Å². The van der Waals surface area contributed by atoms with E-state index in [1.54, 1.807) is 13.1 Å². The molecule has 0 unspecified atom stereocenters. The van der Waals surface area contributed by atoms with Crippen molar-refractivity contribution in [2.24, 2.45) is 0 Å². The Morgan fingerprint density at radius 2 is 2.07 bits per heavy atom. The fourth-order valence-electron chi connectivity index (χ4n) is 1.07. The van der Waals surface area contributed by atoms with Crippen molar-refractivity contribution in [2.45, 2.75) is 39.0 Å². The van der Waals surface area contributed by atoms with E-state index in [-0.39, 0.29) is 5.91 Å². The zero-order valence-electron chi connectivity index (χ0n) is 9.45. The summed E-state index contributed by atoms with van der Waals surface area (Å²) in [6.45, 7) is 2.19. The lowest BCUT2D eigenvalue weighted by Gasteiger charge is -2.09. The molecule has 0 bridgehead atoms. The summed E-state index contributed by atoms with van der Waals surface area (Å²) in [5.41, 5.74) is 0. The van der Waals surface area contributed by atoms with Crippen LogP contribution in [0.25, 0.3) is 0 Å². The van der Waals surface area contributed by atoms with Crippen molar-refractivity contribution in [2.75, 3.05) is 14.2 Å². The zero-order valence-corrected chi connectivity index (χ0v) is 9.45. The van der Waals surface area contributed by atoms with Crippen LogP contribution < -0.4 is 0 Å². The Morgan fingerprint density at radius 1 is 1.36 bits per heavy atom. The van der Waals surface area contributed by atoms with Crippen LogP contribution in [0.1, 0.15) is 39.0 Å². The first-order valence-corrected chi connectivity index (χ1v) is 5.20. The van der Waals surface area contributed by atoms with E-state index in [2.05, 4.69) is 6.92 Å². The van der Waals surface area contributed by atoms with Crippen LogP contribution in [0.2, 0.25) is 0 Å². The summed E-state index contributed by atoms with van der Waals surface area (Å²) in [4.78, 5) is 15.9. The minimum atomic E-state index is -0.108. The molecule has 0 fully saturated rings. The predicted molar refractivity (Wildman–Crippen MR) is 57.7 cm³/mol. The first-order chi connectivity index (χ1) is 6.72. The molecule has 14 heavy (non-hydrogen) atoms. The standard InChI is InChI=1S/C11H21NO2/c1-4-5-6-7-8-9-10-11(13)12(2)14-3/h9-10H,4-8H2,1-3H3/b10-9-. The number of likely N-dealkylation sites (N-methyl/N-ethyl adjacent to an activating group) is 1. The van der Waals surface area contributed by atoms with Crippen LogP contribution in [0.3, 0.4) is 0 Å². The number of amides is 1. The van der Waals surface area contributed by atoms with Crippen LogP contribution in [0, 0.1) is 0 Å². The van der Waals surface area contributed by atoms with Crippen LogP contribution in [0.15, 0.2) is 12.2 Å². The maximum atomic E-state index is 11.2. The Hall–Kier alpha value is -0.830. The van der Waals surface area contributed by atoms with Gasteiger partial charge in [0.05, 0.1) is 7.11 Å². The molecule has 0 aliphatic carbocycles. The highest BCUT2D eigenvalue weighted by Gasteiger charge is 2.00. The van der Waals surface area contributed by atoms with E-state index < -0.39 is 0 Å². The summed E-state index contributed by atoms with van der Waals surface area (Å²) in [5.74, 6) is -0.108. The molecule has 82 valence electrons. The summed E-state index contributed by atoms with van der Waals surface area (Å²) in [5, 5.41) is 1.21. The number of unbranched alkanes of at least 4 members (excludes halogenated alkanes) is 4. The number of hydrogen-bond acceptors (Lipinski definition) is 2. The van der Waals surface area contributed by atoms with E-state index in [4.69, 9.17) is 4.84 Å². The minimum Gasteiger partial charge on any atom is -0.274 e. The molecule has 0 aliphatic rings.